The Labute approximate surface area is 111 Å². The number of carbonyl (C=O) groups is 2. The molecule has 0 aromatic heterocycles. The zero-order valence-electron chi connectivity index (χ0n) is 11.0. The molecule has 1 atom stereocenters. The van der Waals surface area contributed by atoms with Gasteiger partial charge in [0.25, 0.3) is 0 Å². The molecule has 0 fully saturated rings. The quantitative estimate of drug-likeness (QED) is 0.573. The van der Waals surface area contributed by atoms with Crippen molar-refractivity contribution in [1.29, 1.82) is 0 Å². The number of ether oxygens (including phenoxy) is 2. The molecular formula is C11H21NO5S. The fourth-order valence-electron chi connectivity index (χ4n) is 1.22. The third-order valence-corrected chi connectivity index (χ3v) is 3.00. The molecule has 0 saturated heterocycles. The van der Waals surface area contributed by atoms with Crippen LogP contribution in [0.25, 0.3) is 0 Å². The molecule has 18 heavy (non-hydrogen) atoms. The Balaban J connectivity index is 4.02. The van der Waals surface area contributed by atoms with E-state index in [0.717, 1.165) is 0 Å². The van der Waals surface area contributed by atoms with Gasteiger partial charge in [0.1, 0.15) is 6.04 Å². The highest BCUT2D eigenvalue weighted by atomic mass is 32.2. The minimum Gasteiger partial charge on any atom is -0.480 e. The standard InChI is InChI=1S/C11H21NO5S/c1-4-16-10(17-5-2)7-18-6-9(11(14)15)12-8(3)13/h9-10H,4-7H2,1-3H3,(H,12,13)(H,14,15)/t9-/m0/s1. The van der Waals surface area contributed by atoms with Crippen molar-refractivity contribution < 1.29 is 24.2 Å². The number of hydrogen-bond donors (Lipinski definition) is 2. The Hall–Kier alpha value is -0.790. The van der Waals surface area contributed by atoms with E-state index in [2.05, 4.69) is 5.32 Å². The number of nitrogens with one attached hydrogen (secondary N) is 1. The predicted octanol–water partition coefficient (Wildman–Crippen LogP) is 0.708. The molecule has 0 aromatic carbocycles. The summed E-state index contributed by atoms with van der Waals surface area (Å²) in [6.45, 7) is 6.12. The molecule has 0 aliphatic rings. The van der Waals surface area contributed by atoms with Crippen LogP contribution in [0.2, 0.25) is 0 Å². The summed E-state index contributed by atoms with van der Waals surface area (Å²) in [6.07, 6.45) is -0.336. The highest BCUT2D eigenvalue weighted by Crippen LogP contribution is 2.09. The first kappa shape index (κ1) is 17.2. The van der Waals surface area contributed by atoms with Gasteiger partial charge < -0.3 is 19.9 Å². The molecular weight excluding hydrogens is 258 g/mol. The summed E-state index contributed by atoms with van der Waals surface area (Å²) < 4.78 is 10.7. The number of amides is 1. The van der Waals surface area contributed by atoms with Gasteiger partial charge in [0.15, 0.2) is 6.29 Å². The third kappa shape index (κ3) is 8.32. The lowest BCUT2D eigenvalue weighted by molar-refractivity contribution is -0.140. The van der Waals surface area contributed by atoms with Crippen LogP contribution in [0.5, 0.6) is 0 Å². The van der Waals surface area contributed by atoms with Gasteiger partial charge in [-0.2, -0.15) is 11.8 Å². The van der Waals surface area contributed by atoms with Gasteiger partial charge in [0, 0.05) is 31.6 Å². The molecule has 0 unspecified atom stereocenters. The van der Waals surface area contributed by atoms with E-state index < -0.39 is 12.0 Å². The van der Waals surface area contributed by atoms with Crippen LogP contribution in [-0.4, -0.2) is 54.0 Å². The van der Waals surface area contributed by atoms with Crippen LogP contribution in [0.4, 0.5) is 0 Å². The van der Waals surface area contributed by atoms with Crippen LogP contribution in [0.1, 0.15) is 20.8 Å². The molecule has 0 radical (unpaired) electrons. The summed E-state index contributed by atoms with van der Waals surface area (Å²) in [5.74, 6) is -0.576. The Morgan fingerprint density at radius 2 is 1.78 bits per heavy atom. The highest BCUT2D eigenvalue weighted by molar-refractivity contribution is 7.99. The molecule has 0 bridgehead atoms. The maximum absolute atomic E-state index is 10.9. The third-order valence-electron chi connectivity index (χ3n) is 1.92. The first-order valence-corrected chi connectivity index (χ1v) is 6.97. The number of thioether (sulfide) groups is 1. The maximum Gasteiger partial charge on any atom is 0.327 e. The molecule has 6 nitrogen and oxygen atoms in total. The van der Waals surface area contributed by atoms with Gasteiger partial charge in [-0.3, -0.25) is 4.79 Å². The van der Waals surface area contributed by atoms with Crippen molar-refractivity contribution in [2.45, 2.75) is 33.1 Å². The van der Waals surface area contributed by atoms with E-state index in [-0.39, 0.29) is 18.0 Å². The number of carboxylic acids is 1. The van der Waals surface area contributed by atoms with E-state index in [1.807, 2.05) is 13.8 Å². The van der Waals surface area contributed by atoms with Gasteiger partial charge in [-0.15, -0.1) is 0 Å². The van der Waals surface area contributed by atoms with Crippen molar-refractivity contribution in [3.63, 3.8) is 0 Å². The zero-order valence-corrected chi connectivity index (χ0v) is 11.8. The van der Waals surface area contributed by atoms with Crippen molar-refractivity contribution in [3.05, 3.63) is 0 Å². The number of carbonyl (C=O) groups excluding carboxylic acids is 1. The monoisotopic (exact) mass is 279 g/mol. The molecule has 1 amide bonds. The van der Waals surface area contributed by atoms with Gasteiger partial charge >= 0.3 is 5.97 Å². The van der Waals surface area contributed by atoms with E-state index >= 15 is 0 Å². The van der Waals surface area contributed by atoms with Crippen molar-refractivity contribution in [1.82, 2.24) is 5.32 Å². The molecule has 2 N–H and O–H groups in total. The normalized spacial score (nSPS) is 12.4. The largest absolute Gasteiger partial charge is 0.480 e. The lowest BCUT2D eigenvalue weighted by Crippen LogP contribution is -2.41. The smallest absolute Gasteiger partial charge is 0.327 e. The Kier molecular flexibility index (Phi) is 9.72. The van der Waals surface area contributed by atoms with Crippen LogP contribution in [0.15, 0.2) is 0 Å². The summed E-state index contributed by atoms with van der Waals surface area (Å²) in [6, 6.07) is -0.878. The average Bonchev–Trinajstić information content (AvgIpc) is 2.27. The lowest BCUT2D eigenvalue weighted by Gasteiger charge is -2.18. The van der Waals surface area contributed by atoms with Crippen molar-refractivity contribution in [2.24, 2.45) is 0 Å². The second-order valence-corrected chi connectivity index (χ2v) is 4.54. The molecule has 0 saturated carbocycles. The summed E-state index contributed by atoms with van der Waals surface area (Å²) in [7, 11) is 0. The second-order valence-electron chi connectivity index (χ2n) is 3.47. The van der Waals surface area contributed by atoms with Crippen LogP contribution in [-0.2, 0) is 19.1 Å². The maximum atomic E-state index is 10.9. The van der Waals surface area contributed by atoms with Crippen molar-refractivity contribution >= 4 is 23.6 Å². The zero-order chi connectivity index (χ0) is 14.0. The summed E-state index contributed by atoms with van der Waals surface area (Å²) >= 11 is 1.37. The minimum atomic E-state index is -1.04. The molecule has 0 spiro atoms. The highest BCUT2D eigenvalue weighted by Gasteiger charge is 2.19. The molecule has 7 heteroatoms. The summed E-state index contributed by atoms with van der Waals surface area (Å²) in [4.78, 5) is 21.7. The van der Waals surface area contributed by atoms with Crippen molar-refractivity contribution in [3.8, 4) is 0 Å². The SMILES string of the molecule is CCOC(CSC[C@H](NC(C)=O)C(=O)O)OCC. The second kappa shape index (κ2) is 10.2. The average molecular weight is 279 g/mol. The van der Waals surface area contributed by atoms with Gasteiger partial charge in [0.05, 0.1) is 0 Å². The molecule has 0 aliphatic heterocycles. The molecule has 0 rings (SSSR count). The Morgan fingerprint density at radius 1 is 1.22 bits per heavy atom. The van der Waals surface area contributed by atoms with Crippen LogP contribution >= 0.6 is 11.8 Å². The summed E-state index contributed by atoms with van der Waals surface area (Å²) in [5, 5.41) is 11.3. The van der Waals surface area contributed by atoms with E-state index in [4.69, 9.17) is 14.6 Å². The van der Waals surface area contributed by atoms with Gasteiger partial charge in [0.2, 0.25) is 5.91 Å². The lowest BCUT2D eigenvalue weighted by atomic mass is 10.3. The predicted molar refractivity (Wildman–Crippen MR) is 69.6 cm³/mol. The van der Waals surface area contributed by atoms with E-state index in [0.29, 0.717) is 19.0 Å². The van der Waals surface area contributed by atoms with E-state index in [1.54, 1.807) is 0 Å². The van der Waals surface area contributed by atoms with Gasteiger partial charge in [-0.25, -0.2) is 4.79 Å². The van der Waals surface area contributed by atoms with E-state index in [9.17, 15) is 9.59 Å². The van der Waals surface area contributed by atoms with Gasteiger partial charge in [-0.1, -0.05) is 0 Å². The van der Waals surface area contributed by atoms with Crippen LogP contribution < -0.4 is 5.32 Å². The first-order valence-electron chi connectivity index (χ1n) is 5.82. The van der Waals surface area contributed by atoms with Crippen molar-refractivity contribution in [2.75, 3.05) is 24.7 Å². The fraction of sp³-hybridized carbons (Fsp3) is 0.818. The number of carboxylic acid groups (broad SMARTS) is 1. The molecule has 0 heterocycles. The van der Waals surface area contributed by atoms with Crippen LogP contribution in [0, 0.1) is 0 Å². The minimum absolute atomic E-state index is 0.283. The number of rotatable bonds is 10. The van der Waals surface area contributed by atoms with Gasteiger partial charge in [-0.05, 0) is 13.8 Å². The molecule has 0 aliphatic carbocycles. The molecule has 106 valence electrons. The topological polar surface area (TPSA) is 84.9 Å². The number of hydrogen-bond acceptors (Lipinski definition) is 5. The van der Waals surface area contributed by atoms with E-state index in [1.165, 1.54) is 18.7 Å². The fourth-order valence-corrected chi connectivity index (χ4v) is 2.20. The number of aliphatic carboxylic acids is 1. The Bertz CT molecular complexity index is 256. The first-order chi connectivity index (χ1) is 8.51. The Morgan fingerprint density at radius 3 is 2.17 bits per heavy atom. The summed E-state index contributed by atoms with van der Waals surface area (Å²) in [5.41, 5.74) is 0. The van der Waals surface area contributed by atoms with Crippen LogP contribution in [0.3, 0.4) is 0 Å². The molecule has 0 aromatic rings.